The summed E-state index contributed by atoms with van der Waals surface area (Å²) in [7, 11) is 1.53. The number of ether oxygens (including phenoxy) is 1. The molecule has 1 unspecified atom stereocenters. The van der Waals surface area contributed by atoms with Crippen LogP contribution in [0.1, 0.15) is 37.8 Å². The molecule has 1 amide bonds. The average molecular weight is 427 g/mol. The molecule has 0 saturated carbocycles. The molecular weight excluding hydrogens is 396 g/mol. The summed E-state index contributed by atoms with van der Waals surface area (Å²) in [6.45, 7) is 6.20. The van der Waals surface area contributed by atoms with E-state index in [0.29, 0.717) is 36.7 Å². The van der Waals surface area contributed by atoms with Gasteiger partial charge in [0.2, 0.25) is 0 Å². The molecule has 9 nitrogen and oxygen atoms in total. The first-order valence-electron chi connectivity index (χ1n) is 9.42. The van der Waals surface area contributed by atoms with Gasteiger partial charge in [0.25, 0.3) is 17.2 Å². The summed E-state index contributed by atoms with van der Waals surface area (Å²) >= 11 is -2.27. The topological polar surface area (TPSA) is 137 Å². The Labute approximate surface area is 173 Å². The van der Waals surface area contributed by atoms with Gasteiger partial charge in [0, 0.05) is 26.1 Å². The van der Waals surface area contributed by atoms with Gasteiger partial charge in [0.05, 0.1) is 17.9 Å². The van der Waals surface area contributed by atoms with E-state index in [9.17, 15) is 18.7 Å². The number of amidine groups is 1. The lowest BCUT2D eigenvalue weighted by Crippen LogP contribution is -2.49. The van der Waals surface area contributed by atoms with Crippen molar-refractivity contribution < 1.29 is 23.4 Å². The number of likely N-dealkylation sites (tertiary alicyclic amines) is 1. The number of amides is 1. The maximum absolute atomic E-state index is 12.3. The number of carbonyl (C=O) groups is 1. The van der Waals surface area contributed by atoms with Crippen LogP contribution in [0, 0.1) is 12.8 Å². The summed E-state index contributed by atoms with van der Waals surface area (Å²) in [6.07, 6.45) is 1.71. The van der Waals surface area contributed by atoms with Crippen LogP contribution in [0.5, 0.6) is 5.75 Å². The third kappa shape index (κ3) is 5.91. The number of aliphatic hydroxyl groups is 1. The number of nitrogens with zero attached hydrogens (tertiary/aromatic N) is 2. The summed E-state index contributed by atoms with van der Waals surface area (Å²) < 4.78 is 29.1. The molecule has 0 aliphatic carbocycles. The SMILES string of the molecule is CN=C(N)c1c(OC[C@H]2CCCN(C(=O)C(C)(C)O)C2)ccc(C)c1NS(=O)O. The van der Waals surface area contributed by atoms with Crippen molar-refractivity contribution in [3.8, 4) is 5.75 Å². The summed E-state index contributed by atoms with van der Waals surface area (Å²) in [5, 5.41) is 9.98. The number of nitrogens with two attached hydrogens (primary N) is 1. The number of nitrogens with one attached hydrogen (secondary N) is 1. The number of rotatable bonds is 7. The summed E-state index contributed by atoms with van der Waals surface area (Å²) in [4.78, 5) is 18.0. The Hall–Kier alpha value is -2.17. The van der Waals surface area contributed by atoms with Crippen molar-refractivity contribution in [2.24, 2.45) is 16.6 Å². The van der Waals surface area contributed by atoms with Crippen LogP contribution in [0.15, 0.2) is 17.1 Å². The van der Waals surface area contributed by atoms with E-state index in [-0.39, 0.29) is 17.7 Å². The van der Waals surface area contributed by atoms with Crippen LogP contribution in [-0.4, -0.2) is 62.9 Å². The van der Waals surface area contributed by atoms with Crippen LogP contribution >= 0.6 is 0 Å². The van der Waals surface area contributed by atoms with Gasteiger partial charge in [-0.1, -0.05) is 6.07 Å². The molecule has 10 heteroatoms. The molecule has 29 heavy (non-hydrogen) atoms. The first-order valence-corrected chi connectivity index (χ1v) is 10.5. The number of carbonyl (C=O) groups excluding carboxylic acids is 1. The fourth-order valence-electron chi connectivity index (χ4n) is 3.37. The molecule has 2 rings (SSSR count). The molecule has 1 aliphatic rings. The van der Waals surface area contributed by atoms with Crippen molar-refractivity contribution >= 4 is 28.7 Å². The van der Waals surface area contributed by atoms with Crippen molar-refractivity contribution in [2.45, 2.75) is 39.2 Å². The van der Waals surface area contributed by atoms with Gasteiger partial charge in [-0.25, -0.2) is 4.21 Å². The Kier molecular flexibility index (Phi) is 7.61. The van der Waals surface area contributed by atoms with Crippen molar-refractivity contribution in [1.29, 1.82) is 0 Å². The van der Waals surface area contributed by atoms with E-state index in [2.05, 4.69) is 9.71 Å². The van der Waals surface area contributed by atoms with Crippen LogP contribution in [-0.2, 0) is 16.1 Å². The molecule has 1 heterocycles. The minimum atomic E-state index is -2.27. The van der Waals surface area contributed by atoms with E-state index < -0.39 is 16.9 Å². The smallest absolute Gasteiger partial charge is 0.259 e. The zero-order chi connectivity index (χ0) is 21.8. The normalized spacial score (nSPS) is 19.0. The highest BCUT2D eigenvalue weighted by molar-refractivity contribution is 7.80. The second-order valence-corrected chi connectivity index (χ2v) is 8.42. The van der Waals surface area contributed by atoms with Gasteiger partial charge >= 0.3 is 0 Å². The second-order valence-electron chi connectivity index (χ2n) is 7.72. The van der Waals surface area contributed by atoms with Crippen LogP contribution in [0.3, 0.4) is 0 Å². The van der Waals surface area contributed by atoms with Crippen LogP contribution in [0.2, 0.25) is 0 Å². The Morgan fingerprint density at radius 1 is 1.48 bits per heavy atom. The van der Waals surface area contributed by atoms with Gasteiger partial charge in [0.15, 0.2) is 0 Å². The molecule has 1 aliphatic heterocycles. The fourth-order valence-corrected chi connectivity index (χ4v) is 3.81. The highest BCUT2D eigenvalue weighted by Crippen LogP contribution is 2.31. The number of hydrogen-bond acceptors (Lipinski definition) is 5. The maximum atomic E-state index is 12.3. The lowest BCUT2D eigenvalue weighted by molar-refractivity contribution is -0.149. The summed E-state index contributed by atoms with van der Waals surface area (Å²) in [6, 6.07) is 3.51. The van der Waals surface area contributed by atoms with Crippen molar-refractivity contribution in [3.05, 3.63) is 23.3 Å². The van der Waals surface area contributed by atoms with Crippen molar-refractivity contribution in [1.82, 2.24) is 4.90 Å². The number of piperidine rings is 1. The average Bonchev–Trinajstić information content (AvgIpc) is 2.66. The molecule has 2 atom stereocenters. The van der Waals surface area contributed by atoms with Crippen molar-refractivity contribution in [3.63, 3.8) is 0 Å². The lowest BCUT2D eigenvalue weighted by atomic mass is 9.97. The van der Waals surface area contributed by atoms with E-state index >= 15 is 0 Å². The number of hydrogen-bond donors (Lipinski definition) is 4. The molecule has 0 radical (unpaired) electrons. The van der Waals surface area contributed by atoms with Crippen molar-refractivity contribution in [2.75, 3.05) is 31.5 Å². The van der Waals surface area contributed by atoms with E-state index in [4.69, 9.17) is 10.5 Å². The largest absolute Gasteiger partial charge is 0.492 e. The van der Waals surface area contributed by atoms with Crippen LogP contribution in [0.4, 0.5) is 5.69 Å². The number of aryl methyl sites for hydroxylation is 1. The number of benzene rings is 1. The standard InChI is InChI=1S/C19H30N4O5S/c1-12-7-8-14(15(17(20)21-4)16(12)22-29(26)27)28-11-13-6-5-9-23(10-13)18(24)19(2,3)25/h7-8,13,22,25H,5-6,9-11H2,1-4H3,(H2,20,21)(H,26,27)/t13-/m0/s1. The monoisotopic (exact) mass is 426 g/mol. The van der Waals surface area contributed by atoms with Crippen LogP contribution in [0.25, 0.3) is 0 Å². The predicted octanol–water partition coefficient (Wildman–Crippen LogP) is 1.27. The Balaban J connectivity index is 2.20. The fraction of sp³-hybridized carbons (Fsp3) is 0.579. The summed E-state index contributed by atoms with van der Waals surface area (Å²) in [5.74, 6) is 0.418. The Morgan fingerprint density at radius 2 is 2.17 bits per heavy atom. The highest BCUT2D eigenvalue weighted by atomic mass is 32.2. The molecule has 5 N–H and O–H groups in total. The molecule has 1 saturated heterocycles. The first-order chi connectivity index (χ1) is 13.5. The molecule has 0 bridgehead atoms. The molecule has 0 aromatic heterocycles. The molecular formula is C19H30N4O5S. The van der Waals surface area contributed by atoms with E-state index in [1.54, 1.807) is 24.0 Å². The number of anilines is 1. The highest BCUT2D eigenvalue weighted by Gasteiger charge is 2.33. The van der Waals surface area contributed by atoms with Gasteiger partial charge in [-0.2, -0.15) is 0 Å². The van der Waals surface area contributed by atoms with Gasteiger partial charge in [-0.3, -0.25) is 19.1 Å². The minimum Gasteiger partial charge on any atom is -0.492 e. The third-order valence-electron chi connectivity index (χ3n) is 4.87. The third-order valence-corrected chi connectivity index (χ3v) is 5.24. The van der Waals surface area contributed by atoms with Gasteiger partial charge < -0.3 is 20.5 Å². The van der Waals surface area contributed by atoms with Crippen LogP contribution < -0.4 is 15.2 Å². The lowest BCUT2D eigenvalue weighted by Gasteiger charge is -2.35. The van der Waals surface area contributed by atoms with E-state index in [0.717, 1.165) is 18.4 Å². The number of aliphatic imine (C=N–C) groups is 1. The first kappa shape index (κ1) is 23.1. The Bertz CT molecular complexity index is 807. The molecule has 1 fully saturated rings. The molecule has 1 aromatic carbocycles. The second kappa shape index (κ2) is 9.55. The zero-order valence-corrected chi connectivity index (χ0v) is 18.1. The van der Waals surface area contributed by atoms with Gasteiger partial charge in [-0.05, 0) is 45.2 Å². The van der Waals surface area contributed by atoms with E-state index in [1.165, 1.54) is 20.9 Å². The Morgan fingerprint density at radius 3 is 2.76 bits per heavy atom. The molecule has 0 spiro atoms. The summed E-state index contributed by atoms with van der Waals surface area (Å²) in [5.41, 5.74) is 6.16. The minimum absolute atomic E-state index is 0.0902. The molecule has 1 aromatic rings. The zero-order valence-electron chi connectivity index (χ0n) is 17.3. The quantitative estimate of drug-likeness (QED) is 0.294. The van der Waals surface area contributed by atoms with Gasteiger partial charge in [-0.15, -0.1) is 0 Å². The predicted molar refractivity (Wildman–Crippen MR) is 113 cm³/mol. The molecule has 162 valence electrons. The van der Waals surface area contributed by atoms with E-state index in [1.807, 2.05) is 0 Å². The van der Waals surface area contributed by atoms with Gasteiger partial charge in [0.1, 0.15) is 17.2 Å². The maximum Gasteiger partial charge on any atom is 0.259 e.